The number of aryl methyl sites for hydroxylation is 1. The van der Waals surface area contributed by atoms with Crippen molar-refractivity contribution in [1.29, 1.82) is 0 Å². The molecule has 0 atom stereocenters. The first-order valence-electron chi connectivity index (χ1n) is 5.81. The van der Waals surface area contributed by atoms with Gasteiger partial charge in [-0.1, -0.05) is 6.07 Å². The van der Waals surface area contributed by atoms with Gasteiger partial charge in [-0.3, -0.25) is 4.79 Å². The smallest absolute Gasteiger partial charge is 0.189 e. The van der Waals surface area contributed by atoms with Gasteiger partial charge < -0.3 is 9.55 Å². The number of rotatable bonds is 2. The van der Waals surface area contributed by atoms with Crippen LogP contribution in [-0.4, -0.2) is 14.5 Å². The average molecular weight is 239 g/mol. The second-order valence-corrected chi connectivity index (χ2v) is 4.43. The van der Waals surface area contributed by atoms with Crippen molar-refractivity contribution in [2.75, 3.05) is 0 Å². The van der Waals surface area contributed by atoms with Gasteiger partial charge in [-0.25, -0.2) is 4.98 Å². The highest BCUT2D eigenvalue weighted by molar-refractivity contribution is 5.79. The van der Waals surface area contributed by atoms with Gasteiger partial charge in [0, 0.05) is 41.6 Å². The number of imidazole rings is 1. The Kier molecular flexibility index (Phi) is 2.48. The molecule has 0 fully saturated rings. The van der Waals surface area contributed by atoms with E-state index in [0.717, 1.165) is 28.7 Å². The molecule has 0 spiro atoms. The summed E-state index contributed by atoms with van der Waals surface area (Å²) >= 11 is 0. The molecule has 0 amide bonds. The van der Waals surface area contributed by atoms with Gasteiger partial charge in [0.05, 0.1) is 6.33 Å². The minimum Gasteiger partial charge on any atom is -0.358 e. The van der Waals surface area contributed by atoms with Crippen LogP contribution in [0.3, 0.4) is 0 Å². The van der Waals surface area contributed by atoms with Crippen LogP contribution in [0.5, 0.6) is 0 Å². The molecule has 3 rings (SSSR count). The van der Waals surface area contributed by atoms with E-state index in [4.69, 9.17) is 0 Å². The van der Waals surface area contributed by atoms with Crippen LogP contribution in [0.4, 0.5) is 0 Å². The monoisotopic (exact) mass is 239 g/mol. The summed E-state index contributed by atoms with van der Waals surface area (Å²) in [5.74, 6) is 0. The van der Waals surface area contributed by atoms with Gasteiger partial charge in [0.1, 0.15) is 0 Å². The molecule has 0 bridgehead atoms. The highest BCUT2D eigenvalue weighted by atomic mass is 16.1. The number of nitrogens with zero attached hydrogens (tertiary/aromatic N) is 2. The van der Waals surface area contributed by atoms with E-state index >= 15 is 0 Å². The Labute approximate surface area is 104 Å². The highest BCUT2D eigenvalue weighted by Gasteiger charge is 2.02. The fourth-order valence-corrected chi connectivity index (χ4v) is 2.12. The van der Waals surface area contributed by atoms with Crippen LogP contribution in [0.15, 0.2) is 47.8 Å². The molecule has 4 heteroatoms. The maximum Gasteiger partial charge on any atom is 0.189 e. The minimum atomic E-state index is 0.0636. The van der Waals surface area contributed by atoms with Gasteiger partial charge in [-0.05, 0) is 24.6 Å². The number of fused-ring (bicyclic) bond motifs is 1. The number of benzene rings is 1. The van der Waals surface area contributed by atoms with E-state index < -0.39 is 0 Å². The summed E-state index contributed by atoms with van der Waals surface area (Å²) in [5, 5.41) is 0.734. The Morgan fingerprint density at radius 2 is 2.22 bits per heavy atom. The molecular formula is C14H13N3O. The normalized spacial score (nSPS) is 10.9. The molecule has 0 aliphatic heterocycles. The second kappa shape index (κ2) is 4.14. The lowest BCUT2D eigenvalue weighted by molar-refractivity contribution is 0.798. The topological polar surface area (TPSA) is 50.7 Å². The number of nitrogens with one attached hydrogen (secondary N) is 1. The zero-order chi connectivity index (χ0) is 12.5. The van der Waals surface area contributed by atoms with Crippen molar-refractivity contribution >= 4 is 10.9 Å². The van der Waals surface area contributed by atoms with E-state index in [1.165, 1.54) is 0 Å². The van der Waals surface area contributed by atoms with Crippen molar-refractivity contribution < 1.29 is 0 Å². The van der Waals surface area contributed by atoms with Gasteiger partial charge in [-0.15, -0.1) is 0 Å². The second-order valence-electron chi connectivity index (χ2n) is 4.43. The number of pyridine rings is 1. The molecular weight excluding hydrogens is 226 g/mol. The van der Waals surface area contributed by atoms with E-state index in [1.807, 2.05) is 35.9 Å². The van der Waals surface area contributed by atoms with Crippen molar-refractivity contribution in [2.45, 2.75) is 13.5 Å². The van der Waals surface area contributed by atoms with Crippen molar-refractivity contribution in [3.05, 3.63) is 64.5 Å². The molecule has 0 saturated carbocycles. The summed E-state index contributed by atoms with van der Waals surface area (Å²) in [7, 11) is 0. The van der Waals surface area contributed by atoms with Gasteiger partial charge >= 0.3 is 0 Å². The van der Waals surface area contributed by atoms with Gasteiger partial charge in [-0.2, -0.15) is 0 Å². The molecule has 1 aromatic carbocycles. The van der Waals surface area contributed by atoms with Crippen LogP contribution in [0.1, 0.15) is 11.3 Å². The molecule has 1 N–H and O–H groups in total. The third-order valence-electron chi connectivity index (χ3n) is 2.95. The van der Waals surface area contributed by atoms with Crippen LogP contribution in [0.25, 0.3) is 10.9 Å². The Bertz CT molecular complexity index is 741. The lowest BCUT2D eigenvalue weighted by Crippen LogP contribution is -2.04. The lowest BCUT2D eigenvalue weighted by Gasteiger charge is -2.05. The first-order chi connectivity index (χ1) is 8.72. The van der Waals surface area contributed by atoms with Crippen LogP contribution in [-0.2, 0) is 6.54 Å². The molecule has 0 unspecified atom stereocenters. The Morgan fingerprint density at radius 3 is 3.00 bits per heavy atom. The van der Waals surface area contributed by atoms with Crippen LogP contribution in [0, 0.1) is 6.92 Å². The summed E-state index contributed by atoms with van der Waals surface area (Å²) in [6.45, 7) is 2.61. The zero-order valence-corrected chi connectivity index (χ0v) is 10.1. The average Bonchev–Trinajstić information content (AvgIpc) is 2.83. The molecule has 2 heterocycles. The zero-order valence-electron chi connectivity index (χ0n) is 10.1. The van der Waals surface area contributed by atoms with Gasteiger partial charge in [0.15, 0.2) is 5.43 Å². The molecule has 0 saturated heterocycles. The third-order valence-corrected chi connectivity index (χ3v) is 2.95. The van der Waals surface area contributed by atoms with Gasteiger partial charge in [0.25, 0.3) is 0 Å². The van der Waals surface area contributed by atoms with Crippen LogP contribution < -0.4 is 5.43 Å². The Morgan fingerprint density at radius 1 is 1.33 bits per heavy atom. The number of aromatic nitrogens is 3. The predicted molar refractivity (Wildman–Crippen MR) is 70.6 cm³/mol. The summed E-state index contributed by atoms with van der Waals surface area (Å²) in [4.78, 5) is 19.1. The number of hydrogen-bond acceptors (Lipinski definition) is 2. The van der Waals surface area contributed by atoms with E-state index in [1.54, 1.807) is 18.6 Å². The predicted octanol–water partition coefficient (Wildman–Crippen LogP) is 2.08. The maximum absolute atomic E-state index is 11.9. The molecule has 90 valence electrons. The third kappa shape index (κ3) is 1.93. The van der Waals surface area contributed by atoms with E-state index in [-0.39, 0.29) is 5.43 Å². The van der Waals surface area contributed by atoms with Crippen molar-refractivity contribution in [3.63, 3.8) is 0 Å². The van der Waals surface area contributed by atoms with Crippen molar-refractivity contribution in [3.8, 4) is 0 Å². The fourth-order valence-electron chi connectivity index (χ4n) is 2.12. The Balaban J connectivity index is 2.08. The van der Waals surface area contributed by atoms with Crippen molar-refractivity contribution in [2.24, 2.45) is 0 Å². The molecule has 0 radical (unpaired) electrons. The van der Waals surface area contributed by atoms with Crippen LogP contribution in [0.2, 0.25) is 0 Å². The first-order valence-corrected chi connectivity index (χ1v) is 5.81. The van der Waals surface area contributed by atoms with Gasteiger partial charge in [0.2, 0.25) is 0 Å². The number of hydrogen-bond donors (Lipinski definition) is 1. The van der Waals surface area contributed by atoms with E-state index in [9.17, 15) is 4.79 Å². The number of aromatic amines is 1. The standard InChI is InChI=1S/C14H13N3O/c1-10-6-14(18)12-7-11(2-3-13(12)16-10)8-17-5-4-15-9-17/h2-7,9H,8H2,1H3,(H,16,18). The molecule has 2 aromatic heterocycles. The molecule has 4 nitrogen and oxygen atoms in total. The van der Waals surface area contributed by atoms with E-state index in [0.29, 0.717) is 0 Å². The van der Waals surface area contributed by atoms with Crippen LogP contribution >= 0.6 is 0 Å². The SMILES string of the molecule is Cc1cc(=O)c2cc(Cn3ccnc3)ccc2[nH]1. The summed E-state index contributed by atoms with van der Waals surface area (Å²) in [5.41, 5.74) is 2.92. The number of H-pyrrole nitrogens is 1. The van der Waals surface area contributed by atoms with E-state index in [2.05, 4.69) is 9.97 Å². The van der Waals surface area contributed by atoms with Crippen molar-refractivity contribution in [1.82, 2.24) is 14.5 Å². The maximum atomic E-state index is 11.9. The lowest BCUT2D eigenvalue weighted by atomic mass is 10.1. The molecule has 0 aliphatic rings. The summed E-state index contributed by atoms with van der Waals surface area (Å²) in [6.07, 6.45) is 5.42. The summed E-state index contributed by atoms with van der Waals surface area (Å²) in [6, 6.07) is 7.55. The fraction of sp³-hybridized carbons (Fsp3) is 0.143. The quantitative estimate of drug-likeness (QED) is 0.744. The first kappa shape index (κ1) is 10.8. The Hall–Kier alpha value is -2.36. The molecule has 0 aliphatic carbocycles. The minimum absolute atomic E-state index is 0.0636. The molecule has 18 heavy (non-hydrogen) atoms. The largest absolute Gasteiger partial charge is 0.358 e. The molecule has 3 aromatic rings. The summed E-state index contributed by atoms with van der Waals surface area (Å²) < 4.78 is 1.98. The highest BCUT2D eigenvalue weighted by Crippen LogP contribution is 2.12.